The molecule has 1 aromatic carbocycles. The molecular formula is C22H26N4O3. The third-order valence-electron chi connectivity index (χ3n) is 5.70. The Morgan fingerprint density at radius 2 is 2.00 bits per heavy atom. The van der Waals surface area contributed by atoms with Crippen LogP contribution in [-0.4, -0.2) is 46.6 Å². The summed E-state index contributed by atoms with van der Waals surface area (Å²) < 4.78 is 5.60. The molecule has 0 radical (unpaired) electrons. The van der Waals surface area contributed by atoms with Crippen molar-refractivity contribution >= 4 is 17.5 Å². The van der Waals surface area contributed by atoms with Crippen LogP contribution in [0.4, 0.5) is 0 Å². The van der Waals surface area contributed by atoms with Gasteiger partial charge >= 0.3 is 0 Å². The maximum absolute atomic E-state index is 13.2. The molecule has 2 amide bonds. The van der Waals surface area contributed by atoms with Gasteiger partial charge in [-0.25, -0.2) is 5.01 Å². The van der Waals surface area contributed by atoms with Crippen LogP contribution in [0, 0.1) is 6.92 Å². The maximum Gasteiger partial charge on any atom is 0.257 e. The Hall–Kier alpha value is -2.93. The number of primary amides is 1. The summed E-state index contributed by atoms with van der Waals surface area (Å²) in [4.78, 5) is 26.9. The highest BCUT2D eigenvalue weighted by Gasteiger charge is 2.37. The van der Waals surface area contributed by atoms with Gasteiger partial charge in [0.1, 0.15) is 11.8 Å². The van der Waals surface area contributed by atoms with Crippen molar-refractivity contribution in [3.63, 3.8) is 0 Å². The number of piperidine rings is 1. The van der Waals surface area contributed by atoms with Crippen LogP contribution in [0.1, 0.15) is 48.6 Å². The van der Waals surface area contributed by atoms with Crippen molar-refractivity contribution in [1.82, 2.24) is 9.91 Å². The van der Waals surface area contributed by atoms with Gasteiger partial charge in [0.15, 0.2) is 0 Å². The van der Waals surface area contributed by atoms with Gasteiger partial charge in [-0.05, 0) is 44.0 Å². The molecule has 2 N–H and O–H groups in total. The molecule has 2 atom stereocenters. The minimum Gasteiger partial charge on any atom is -0.467 e. The second-order valence-corrected chi connectivity index (χ2v) is 7.77. The van der Waals surface area contributed by atoms with Gasteiger partial charge < -0.3 is 10.2 Å². The molecule has 0 saturated carbocycles. The summed E-state index contributed by atoms with van der Waals surface area (Å²) in [6.07, 6.45) is 4.79. The third-order valence-corrected chi connectivity index (χ3v) is 5.70. The highest BCUT2D eigenvalue weighted by molar-refractivity contribution is 6.03. The summed E-state index contributed by atoms with van der Waals surface area (Å²) in [6.45, 7) is 2.85. The molecule has 0 unspecified atom stereocenters. The van der Waals surface area contributed by atoms with E-state index in [0.717, 1.165) is 24.1 Å². The molecule has 2 aliphatic rings. The molecule has 7 heteroatoms. The van der Waals surface area contributed by atoms with Crippen molar-refractivity contribution < 1.29 is 14.0 Å². The maximum atomic E-state index is 13.2. The standard InChI is InChI=1S/C22H26N4O3/c1-15-7-9-16(10-8-15)17-13-19(20-6-4-12-29-20)26(24-17)21(27)14-25-11-3-2-5-18(25)22(23)28/h4,6-10,12,18-19H,2-3,5,11,13-14H2,1H3,(H2,23,28)/t18-,19+/m1/s1. The number of nitrogens with zero attached hydrogens (tertiary/aromatic N) is 3. The number of aryl methyl sites for hydroxylation is 1. The average Bonchev–Trinajstić information content (AvgIpc) is 3.38. The number of carbonyl (C=O) groups is 2. The normalized spacial score (nSPS) is 22.5. The van der Waals surface area contributed by atoms with Crippen LogP contribution in [0.25, 0.3) is 0 Å². The molecular weight excluding hydrogens is 368 g/mol. The van der Waals surface area contributed by atoms with Crippen molar-refractivity contribution in [2.75, 3.05) is 13.1 Å². The van der Waals surface area contributed by atoms with E-state index in [1.165, 1.54) is 10.6 Å². The minimum atomic E-state index is -0.391. The molecule has 1 aromatic heterocycles. The molecule has 29 heavy (non-hydrogen) atoms. The van der Waals surface area contributed by atoms with Crippen LogP contribution in [0.2, 0.25) is 0 Å². The SMILES string of the molecule is Cc1ccc(C2=NN(C(=O)CN3CCCC[C@@H]3C(N)=O)[C@H](c3ccco3)C2)cc1. The van der Waals surface area contributed by atoms with Gasteiger partial charge in [0.05, 0.1) is 24.6 Å². The summed E-state index contributed by atoms with van der Waals surface area (Å²) in [6, 6.07) is 11.1. The first-order valence-electron chi connectivity index (χ1n) is 10.1. The zero-order valence-corrected chi connectivity index (χ0v) is 16.6. The van der Waals surface area contributed by atoms with Gasteiger partial charge in [-0.15, -0.1) is 0 Å². The van der Waals surface area contributed by atoms with Gasteiger partial charge in [0.2, 0.25) is 5.91 Å². The number of rotatable bonds is 5. The lowest BCUT2D eigenvalue weighted by molar-refractivity contribution is -0.137. The lowest BCUT2D eigenvalue weighted by Crippen LogP contribution is -2.51. The number of hydrazone groups is 1. The van der Waals surface area contributed by atoms with E-state index in [4.69, 9.17) is 10.2 Å². The molecule has 0 bridgehead atoms. The molecule has 1 fully saturated rings. The fourth-order valence-corrected chi connectivity index (χ4v) is 4.11. The number of amides is 2. The zero-order valence-electron chi connectivity index (χ0n) is 16.6. The molecule has 1 saturated heterocycles. The number of hydrogen-bond donors (Lipinski definition) is 1. The average molecular weight is 394 g/mol. The van der Waals surface area contributed by atoms with Crippen molar-refractivity contribution in [1.29, 1.82) is 0 Å². The van der Waals surface area contributed by atoms with Crippen LogP contribution in [0.3, 0.4) is 0 Å². The molecule has 7 nitrogen and oxygen atoms in total. The Kier molecular flexibility index (Phi) is 5.49. The van der Waals surface area contributed by atoms with Crippen molar-refractivity contribution in [3.8, 4) is 0 Å². The second kappa shape index (κ2) is 8.21. The van der Waals surface area contributed by atoms with Gasteiger partial charge in [-0.3, -0.25) is 14.5 Å². The fraction of sp³-hybridized carbons (Fsp3) is 0.409. The highest BCUT2D eigenvalue weighted by atomic mass is 16.3. The Labute approximate surface area is 170 Å². The van der Waals surface area contributed by atoms with E-state index in [1.807, 2.05) is 48.2 Å². The van der Waals surface area contributed by atoms with Crippen LogP contribution >= 0.6 is 0 Å². The first kappa shape index (κ1) is 19.4. The van der Waals surface area contributed by atoms with E-state index in [9.17, 15) is 9.59 Å². The van der Waals surface area contributed by atoms with Gasteiger partial charge in [-0.2, -0.15) is 5.10 Å². The van der Waals surface area contributed by atoms with E-state index < -0.39 is 6.04 Å². The van der Waals surface area contributed by atoms with Crippen LogP contribution in [-0.2, 0) is 9.59 Å². The first-order valence-corrected chi connectivity index (χ1v) is 10.1. The van der Waals surface area contributed by atoms with Gasteiger partial charge in [0.25, 0.3) is 5.91 Å². The number of benzene rings is 1. The molecule has 2 aliphatic heterocycles. The van der Waals surface area contributed by atoms with E-state index in [2.05, 4.69) is 5.10 Å². The molecule has 0 aliphatic carbocycles. The predicted molar refractivity (Wildman–Crippen MR) is 109 cm³/mol. The van der Waals surface area contributed by atoms with Crippen molar-refractivity contribution in [2.45, 2.75) is 44.7 Å². The molecule has 4 rings (SSSR count). The fourth-order valence-electron chi connectivity index (χ4n) is 4.11. The Bertz CT molecular complexity index is 905. The van der Waals surface area contributed by atoms with E-state index in [0.29, 0.717) is 25.1 Å². The number of furan rings is 1. The lowest BCUT2D eigenvalue weighted by Gasteiger charge is -2.34. The van der Waals surface area contributed by atoms with Crippen LogP contribution in [0.5, 0.6) is 0 Å². The molecule has 0 spiro atoms. The minimum absolute atomic E-state index is 0.121. The summed E-state index contributed by atoms with van der Waals surface area (Å²) in [5.74, 6) is 0.182. The van der Waals surface area contributed by atoms with E-state index in [-0.39, 0.29) is 24.4 Å². The highest BCUT2D eigenvalue weighted by Crippen LogP contribution is 2.33. The third kappa shape index (κ3) is 4.10. The summed E-state index contributed by atoms with van der Waals surface area (Å²) in [5, 5.41) is 6.17. The molecule has 3 heterocycles. The first-order chi connectivity index (χ1) is 14.0. The Balaban J connectivity index is 1.58. The Morgan fingerprint density at radius 1 is 1.21 bits per heavy atom. The van der Waals surface area contributed by atoms with E-state index in [1.54, 1.807) is 6.26 Å². The monoisotopic (exact) mass is 394 g/mol. The smallest absolute Gasteiger partial charge is 0.257 e. The molecule has 152 valence electrons. The molecule has 2 aromatic rings. The van der Waals surface area contributed by atoms with Crippen molar-refractivity contribution in [3.05, 3.63) is 59.5 Å². The quantitative estimate of drug-likeness (QED) is 0.844. The summed E-state index contributed by atoms with van der Waals surface area (Å²) in [5.41, 5.74) is 8.57. The van der Waals surface area contributed by atoms with Crippen LogP contribution in [0.15, 0.2) is 52.2 Å². The number of nitrogens with two attached hydrogens (primary N) is 1. The Morgan fingerprint density at radius 3 is 2.69 bits per heavy atom. The van der Waals surface area contributed by atoms with Crippen LogP contribution < -0.4 is 5.73 Å². The van der Waals surface area contributed by atoms with Crippen molar-refractivity contribution in [2.24, 2.45) is 10.8 Å². The summed E-state index contributed by atoms with van der Waals surface area (Å²) in [7, 11) is 0. The number of likely N-dealkylation sites (tertiary alicyclic amines) is 1. The zero-order chi connectivity index (χ0) is 20.4. The van der Waals surface area contributed by atoms with E-state index >= 15 is 0 Å². The topological polar surface area (TPSA) is 92.1 Å². The number of carbonyl (C=O) groups excluding carboxylic acids is 2. The van der Waals surface area contributed by atoms with Gasteiger partial charge in [-0.1, -0.05) is 36.2 Å². The summed E-state index contributed by atoms with van der Waals surface area (Å²) >= 11 is 0. The lowest BCUT2D eigenvalue weighted by atomic mass is 10.0. The van der Waals surface area contributed by atoms with Gasteiger partial charge in [0, 0.05) is 6.42 Å². The predicted octanol–water partition coefficient (Wildman–Crippen LogP) is 2.61. The number of hydrogen-bond acceptors (Lipinski definition) is 5. The largest absolute Gasteiger partial charge is 0.467 e. The second-order valence-electron chi connectivity index (χ2n) is 7.77.